The number of rotatable bonds is 3. The summed E-state index contributed by atoms with van der Waals surface area (Å²) in [6, 6.07) is 5.97. The van der Waals surface area contributed by atoms with Gasteiger partial charge in [0, 0.05) is 17.5 Å². The maximum atomic E-state index is 12.0. The summed E-state index contributed by atoms with van der Waals surface area (Å²) in [5, 5.41) is 0.725. The van der Waals surface area contributed by atoms with Crippen molar-refractivity contribution in [3.63, 3.8) is 0 Å². The van der Waals surface area contributed by atoms with E-state index < -0.39 is 24.8 Å². The Kier molecular flexibility index (Phi) is 3.50. The van der Waals surface area contributed by atoms with E-state index in [-0.39, 0.29) is 5.75 Å². The van der Waals surface area contributed by atoms with Gasteiger partial charge in [-0.15, -0.1) is 0 Å². The van der Waals surface area contributed by atoms with E-state index in [2.05, 4.69) is 0 Å². The second kappa shape index (κ2) is 4.95. The summed E-state index contributed by atoms with van der Waals surface area (Å²) in [5.41, 5.74) is 0.542. The van der Waals surface area contributed by atoms with E-state index in [0.717, 1.165) is 10.9 Å². The van der Waals surface area contributed by atoms with Crippen LogP contribution in [0.15, 0.2) is 33.5 Å². The first kappa shape index (κ1) is 13.5. The number of ether oxygens (including phenoxy) is 1. The van der Waals surface area contributed by atoms with Crippen LogP contribution < -0.4 is 10.4 Å². The van der Waals surface area contributed by atoms with Crippen LogP contribution in [0.4, 0.5) is 13.2 Å². The van der Waals surface area contributed by atoms with Gasteiger partial charge >= 0.3 is 11.8 Å². The molecule has 0 aliphatic heterocycles. The molecule has 19 heavy (non-hydrogen) atoms. The number of halogens is 3. The zero-order chi connectivity index (χ0) is 14.0. The van der Waals surface area contributed by atoms with Crippen LogP contribution in [-0.4, -0.2) is 12.8 Å². The monoisotopic (exact) mass is 272 g/mol. The van der Waals surface area contributed by atoms with E-state index in [1.807, 2.05) is 0 Å². The molecular formula is C13H11F3O3. The second-order valence-corrected chi connectivity index (χ2v) is 4.12. The molecule has 0 bridgehead atoms. The van der Waals surface area contributed by atoms with E-state index in [9.17, 15) is 18.0 Å². The normalized spacial score (nSPS) is 11.8. The van der Waals surface area contributed by atoms with Gasteiger partial charge in [0.15, 0.2) is 0 Å². The molecular weight excluding hydrogens is 261 g/mol. The highest BCUT2D eigenvalue weighted by molar-refractivity contribution is 5.81. The Balaban J connectivity index is 2.20. The Bertz CT molecular complexity index is 644. The van der Waals surface area contributed by atoms with Crippen molar-refractivity contribution >= 4 is 11.0 Å². The van der Waals surface area contributed by atoms with Gasteiger partial charge in [0.05, 0.1) is 13.0 Å². The highest BCUT2D eigenvalue weighted by Crippen LogP contribution is 2.24. The molecule has 0 N–H and O–H groups in total. The Morgan fingerprint density at radius 3 is 2.68 bits per heavy atom. The van der Waals surface area contributed by atoms with Crippen molar-refractivity contribution in [2.45, 2.75) is 19.5 Å². The molecule has 102 valence electrons. The summed E-state index contributed by atoms with van der Waals surface area (Å²) in [6.45, 7) is 1.29. The van der Waals surface area contributed by atoms with Crippen molar-refractivity contribution in [2.75, 3.05) is 6.61 Å². The van der Waals surface area contributed by atoms with Gasteiger partial charge in [-0.3, -0.25) is 0 Å². The third kappa shape index (κ3) is 3.49. The summed E-state index contributed by atoms with van der Waals surface area (Å²) in [6.07, 6.45) is -5.27. The largest absolute Gasteiger partial charge is 0.493 e. The van der Waals surface area contributed by atoms with Crippen LogP contribution in [-0.2, 0) is 0 Å². The van der Waals surface area contributed by atoms with Crippen LogP contribution in [0.5, 0.6) is 5.75 Å². The maximum Gasteiger partial charge on any atom is 0.392 e. The lowest BCUT2D eigenvalue weighted by molar-refractivity contribution is -0.139. The van der Waals surface area contributed by atoms with Crippen LogP contribution in [0, 0.1) is 6.92 Å². The third-order valence-corrected chi connectivity index (χ3v) is 2.58. The fourth-order valence-electron chi connectivity index (χ4n) is 1.68. The molecule has 2 aromatic rings. The van der Waals surface area contributed by atoms with Crippen LogP contribution in [0.3, 0.4) is 0 Å². The van der Waals surface area contributed by atoms with Crippen molar-refractivity contribution in [3.05, 3.63) is 40.2 Å². The molecule has 0 spiro atoms. The molecule has 0 radical (unpaired) electrons. The number of aryl methyl sites for hydroxylation is 1. The molecule has 0 atom stereocenters. The van der Waals surface area contributed by atoms with Crippen LogP contribution in [0.2, 0.25) is 0 Å². The minimum Gasteiger partial charge on any atom is -0.493 e. The number of benzene rings is 1. The molecule has 0 saturated carbocycles. The molecule has 1 aromatic heterocycles. The molecule has 0 saturated heterocycles. The SMILES string of the molecule is Cc1cc(=O)oc2cc(OCCC(F)(F)F)ccc12. The molecule has 6 heteroatoms. The number of fused-ring (bicyclic) bond motifs is 1. The molecule has 2 rings (SSSR count). The Hall–Kier alpha value is -1.98. The van der Waals surface area contributed by atoms with Gasteiger partial charge in [-0.05, 0) is 24.6 Å². The van der Waals surface area contributed by atoms with Crippen molar-refractivity contribution in [1.29, 1.82) is 0 Å². The van der Waals surface area contributed by atoms with E-state index >= 15 is 0 Å². The smallest absolute Gasteiger partial charge is 0.392 e. The van der Waals surface area contributed by atoms with Gasteiger partial charge in [0.1, 0.15) is 11.3 Å². The maximum absolute atomic E-state index is 12.0. The summed E-state index contributed by atoms with van der Waals surface area (Å²) in [5.74, 6) is 0.241. The molecule has 1 aromatic carbocycles. The fraction of sp³-hybridized carbons (Fsp3) is 0.308. The molecule has 1 heterocycles. The molecule has 0 fully saturated rings. The molecule has 0 unspecified atom stereocenters. The number of hydrogen-bond acceptors (Lipinski definition) is 3. The fourth-order valence-corrected chi connectivity index (χ4v) is 1.68. The van der Waals surface area contributed by atoms with E-state index in [1.165, 1.54) is 12.1 Å². The number of alkyl halides is 3. The summed E-state index contributed by atoms with van der Waals surface area (Å²) in [4.78, 5) is 11.2. The Morgan fingerprint density at radius 1 is 1.26 bits per heavy atom. The van der Waals surface area contributed by atoms with Crippen molar-refractivity contribution < 1.29 is 22.3 Å². The highest BCUT2D eigenvalue weighted by Gasteiger charge is 2.26. The standard InChI is InChI=1S/C13H11F3O3/c1-8-6-12(17)19-11-7-9(2-3-10(8)11)18-5-4-13(14,15)16/h2-3,6-7H,4-5H2,1H3. The van der Waals surface area contributed by atoms with Gasteiger partial charge in [-0.2, -0.15) is 13.2 Å². The van der Waals surface area contributed by atoms with Crippen LogP contribution in [0.25, 0.3) is 11.0 Å². The average Bonchev–Trinajstić information content (AvgIpc) is 2.26. The first-order chi connectivity index (χ1) is 8.85. The van der Waals surface area contributed by atoms with Gasteiger partial charge in [-0.25, -0.2) is 4.79 Å². The zero-order valence-electron chi connectivity index (χ0n) is 10.1. The average molecular weight is 272 g/mol. The van der Waals surface area contributed by atoms with E-state index in [0.29, 0.717) is 5.58 Å². The van der Waals surface area contributed by atoms with Gasteiger partial charge in [0.2, 0.25) is 0 Å². The van der Waals surface area contributed by atoms with Gasteiger partial charge in [-0.1, -0.05) is 0 Å². The summed E-state index contributed by atoms with van der Waals surface area (Å²) >= 11 is 0. The third-order valence-electron chi connectivity index (χ3n) is 2.58. The molecule has 0 amide bonds. The zero-order valence-corrected chi connectivity index (χ0v) is 10.1. The molecule has 0 aliphatic rings. The van der Waals surface area contributed by atoms with E-state index in [4.69, 9.17) is 9.15 Å². The molecule has 0 aliphatic carbocycles. The summed E-state index contributed by atoms with van der Waals surface area (Å²) in [7, 11) is 0. The minimum atomic E-state index is -4.25. The first-order valence-electron chi connectivity index (χ1n) is 5.59. The van der Waals surface area contributed by atoms with Crippen molar-refractivity contribution in [2.24, 2.45) is 0 Å². The van der Waals surface area contributed by atoms with Gasteiger partial charge < -0.3 is 9.15 Å². The summed E-state index contributed by atoms with van der Waals surface area (Å²) < 4.78 is 45.9. The van der Waals surface area contributed by atoms with Crippen molar-refractivity contribution in [1.82, 2.24) is 0 Å². The van der Waals surface area contributed by atoms with Crippen LogP contribution in [0.1, 0.15) is 12.0 Å². The molecule has 3 nitrogen and oxygen atoms in total. The lowest BCUT2D eigenvalue weighted by Gasteiger charge is -2.09. The van der Waals surface area contributed by atoms with Gasteiger partial charge in [0.25, 0.3) is 0 Å². The second-order valence-electron chi connectivity index (χ2n) is 4.12. The van der Waals surface area contributed by atoms with E-state index in [1.54, 1.807) is 19.1 Å². The number of hydrogen-bond donors (Lipinski definition) is 0. The van der Waals surface area contributed by atoms with Crippen LogP contribution >= 0.6 is 0 Å². The van der Waals surface area contributed by atoms with Crippen molar-refractivity contribution in [3.8, 4) is 5.75 Å². The lowest BCUT2D eigenvalue weighted by Crippen LogP contribution is -2.13. The lowest BCUT2D eigenvalue weighted by atomic mass is 10.1. The first-order valence-corrected chi connectivity index (χ1v) is 5.59. The quantitative estimate of drug-likeness (QED) is 0.803. The highest BCUT2D eigenvalue weighted by atomic mass is 19.4. The predicted molar refractivity (Wildman–Crippen MR) is 63.4 cm³/mol. The minimum absolute atomic E-state index is 0.241. The Morgan fingerprint density at radius 2 is 2.00 bits per heavy atom. The topological polar surface area (TPSA) is 39.4 Å². The Labute approximate surface area is 106 Å². The predicted octanol–water partition coefficient (Wildman–Crippen LogP) is 3.43.